The van der Waals surface area contributed by atoms with Crippen LogP contribution in [0.3, 0.4) is 0 Å². The van der Waals surface area contributed by atoms with Gasteiger partial charge < -0.3 is 5.73 Å². The minimum atomic E-state index is 0.518. The summed E-state index contributed by atoms with van der Waals surface area (Å²) in [5.74, 6) is 1.50. The Morgan fingerprint density at radius 2 is 2.10 bits per heavy atom. The van der Waals surface area contributed by atoms with Gasteiger partial charge in [0.15, 0.2) is 5.82 Å². The molecular weight excluding hydrogens is 274 g/mol. The van der Waals surface area contributed by atoms with Crippen molar-refractivity contribution in [3.8, 4) is 11.4 Å². The van der Waals surface area contributed by atoms with Gasteiger partial charge in [-0.05, 0) is 34.9 Å². The van der Waals surface area contributed by atoms with Gasteiger partial charge in [-0.3, -0.25) is 0 Å². The predicted molar refractivity (Wildman–Crippen MR) is 79.3 cm³/mol. The molecule has 0 radical (unpaired) electrons. The molecule has 1 aromatic carbocycles. The van der Waals surface area contributed by atoms with E-state index in [9.17, 15) is 0 Å². The van der Waals surface area contributed by atoms with E-state index in [2.05, 4.69) is 15.5 Å². The fourth-order valence-electron chi connectivity index (χ4n) is 2.87. The normalized spacial score (nSPS) is 15.8. The Bertz CT molecular complexity index is 589. The molecule has 0 unspecified atom stereocenters. The van der Waals surface area contributed by atoms with Gasteiger partial charge >= 0.3 is 0 Å². The second kappa shape index (κ2) is 5.79. The molecule has 2 N–H and O–H groups in total. The fourth-order valence-corrected chi connectivity index (χ4v) is 3.09. The van der Waals surface area contributed by atoms with E-state index in [1.54, 1.807) is 6.07 Å². The number of nitrogens with zero attached hydrogens (tertiary/aromatic N) is 4. The van der Waals surface area contributed by atoms with Crippen molar-refractivity contribution in [2.75, 3.05) is 5.73 Å². The van der Waals surface area contributed by atoms with Crippen LogP contribution in [0.15, 0.2) is 18.2 Å². The number of hydrogen-bond acceptors (Lipinski definition) is 4. The smallest absolute Gasteiger partial charge is 0.183 e. The predicted octanol–water partition coefficient (Wildman–Crippen LogP) is 3.16. The van der Waals surface area contributed by atoms with E-state index in [-0.39, 0.29) is 0 Å². The highest BCUT2D eigenvalue weighted by Crippen LogP contribution is 2.31. The first-order chi connectivity index (χ1) is 9.75. The maximum absolute atomic E-state index is 6.25. The van der Waals surface area contributed by atoms with Crippen molar-refractivity contribution in [2.45, 2.75) is 38.6 Å². The van der Waals surface area contributed by atoms with Crippen molar-refractivity contribution in [3.63, 3.8) is 0 Å². The topological polar surface area (TPSA) is 69.6 Å². The fraction of sp³-hybridized carbons (Fsp3) is 0.500. The number of rotatable bonds is 4. The summed E-state index contributed by atoms with van der Waals surface area (Å²) in [7, 11) is 0. The number of aromatic nitrogens is 4. The molecule has 106 valence electrons. The second-order valence-electron chi connectivity index (χ2n) is 5.37. The zero-order valence-electron chi connectivity index (χ0n) is 11.3. The summed E-state index contributed by atoms with van der Waals surface area (Å²) in [5.41, 5.74) is 7.19. The molecule has 1 aliphatic carbocycles. The molecular formula is C14H18ClN5. The molecule has 0 atom stereocenters. The molecule has 0 saturated heterocycles. The lowest BCUT2D eigenvalue weighted by Gasteiger charge is -2.10. The first-order valence-corrected chi connectivity index (χ1v) is 7.44. The summed E-state index contributed by atoms with van der Waals surface area (Å²) in [6.45, 7) is 0.831. The number of benzene rings is 1. The minimum Gasteiger partial charge on any atom is -0.398 e. The van der Waals surface area contributed by atoms with Gasteiger partial charge in [0, 0.05) is 12.1 Å². The molecule has 0 spiro atoms. The van der Waals surface area contributed by atoms with Crippen LogP contribution in [0.2, 0.25) is 5.02 Å². The van der Waals surface area contributed by atoms with Crippen LogP contribution in [-0.4, -0.2) is 20.2 Å². The zero-order valence-corrected chi connectivity index (χ0v) is 12.1. The number of halogens is 1. The summed E-state index contributed by atoms with van der Waals surface area (Å²) >= 11 is 6.25. The number of hydrogen-bond donors (Lipinski definition) is 1. The van der Waals surface area contributed by atoms with Crippen LogP contribution in [0.1, 0.15) is 32.1 Å². The molecule has 1 aromatic heterocycles. The minimum absolute atomic E-state index is 0.518. The third kappa shape index (κ3) is 2.63. The van der Waals surface area contributed by atoms with E-state index in [1.165, 1.54) is 25.7 Å². The van der Waals surface area contributed by atoms with Gasteiger partial charge in [-0.2, -0.15) is 0 Å². The van der Waals surface area contributed by atoms with E-state index in [4.69, 9.17) is 17.3 Å². The maximum Gasteiger partial charge on any atom is 0.183 e. The lowest BCUT2D eigenvalue weighted by Crippen LogP contribution is -2.07. The van der Waals surface area contributed by atoms with Crippen LogP contribution >= 0.6 is 11.6 Å². The van der Waals surface area contributed by atoms with Gasteiger partial charge in [-0.15, -0.1) is 5.10 Å². The third-order valence-corrected chi connectivity index (χ3v) is 4.45. The van der Waals surface area contributed by atoms with Gasteiger partial charge in [0.1, 0.15) is 0 Å². The van der Waals surface area contributed by atoms with Crippen molar-refractivity contribution in [1.29, 1.82) is 0 Å². The number of nitrogens with two attached hydrogens (primary N) is 1. The number of tetrazole rings is 1. The third-order valence-electron chi connectivity index (χ3n) is 4.03. The van der Waals surface area contributed by atoms with E-state index in [1.807, 2.05) is 16.8 Å². The van der Waals surface area contributed by atoms with Crippen molar-refractivity contribution >= 4 is 17.3 Å². The molecule has 1 aliphatic rings. The van der Waals surface area contributed by atoms with Crippen LogP contribution in [0.25, 0.3) is 11.4 Å². The van der Waals surface area contributed by atoms with Gasteiger partial charge in [0.25, 0.3) is 0 Å². The SMILES string of the molecule is Nc1cccc(-c2nnnn2CCC2CCCC2)c1Cl. The standard InChI is InChI=1S/C14H18ClN5/c15-13-11(6-3-7-12(13)16)14-17-18-19-20(14)9-8-10-4-1-2-5-10/h3,6-7,10H,1-2,4-5,8-9,16H2. The largest absolute Gasteiger partial charge is 0.398 e. The van der Waals surface area contributed by atoms with Crippen LogP contribution < -0.4 is 5.73 Å². The highest BCUT2D eigenvalue weighted by molar-refractivity contribution is 6.35. The average Bonchev–Trinajstić information content (AvgIpc) is 3.10. The van der Waals surface area contributed by atoms with Crippen molar-refractivity contribution < 1.29 is 0 Å². The molecule has 3 rings (SSSR count). The van der Waals surface area contributed by atoms with Crippen molar-refractivity contribution in [3.05, 3.63) is 23.2 Å². The monoisotopic (exact) mass is 291 g/mol. The van der Waals surface area contributed by atoms with E-state index in [0.717, 1.165) is 24.4 Å². The summed E-state index contributed by atoms with van der Waals surface area (Å²) in [6, 6.07) is 5.54. The molecule has 0 bridgehead atoms. The summed E-state index contributed by atoms with van der Waals surface area (Å²) in [6.07, 6.45) is 6.49. The Labute approximate surface area is 123 Å². The number of nitrogen functional groups attached to an aromatic ring is 1. The first-order valence-electron chi connectivity index (χ1n) is 7.06. The molecule has 20 heavy (non-hydrogen) atoms. The average molecular weight is 292 g/mol. The lowest BCUT2D eigenvalue weighted by atomic mass is 10.0. The Morgan fingerprint density at radius 1 is 1.30 bits per heavy atom. The molecule has 1 saturated carbocycles. The molecule has 1 fully saturated rings. The molecule has 0 aliphatic heterocycles. The Hall–Kier alpha value is -1.62. The summed E-state index contributed by atoms with van der Waals surface area (Å²) in [5, 5.41) is 12.5. The zero-order chi connectivity index (χ0) is 13.9. The van der Waals surface area contributed by atoms with Crippen LogP contribution in [0.5, 0.6) is 0 Å². The Kier molecular flexibility index (Phi) is 3.87. The number of anilines is 1. The van der Waals surface area contributed by atoms with Gasteiger partial charge in [-0.1, -0.05) is 43.4 Å². The molecule has 2 aromatic rings. The Morgan fingerprint density at radius 3 is 2.90 bits per heavy atom. The van der Waals surface area contributed by atoms with E-state index in [0.29, 0.717) is 16.5 Å². The highest BCUT2D eigenvalue weighted by atomic mass is 35.5. The summed E-state index contributed by atoms with van der Waals surface area (Å²) < 4.78 is 1.83. The van der Waals surface area contributed by atoms with Crippen molar-refractivity contribution in [1.82, 2.24) is 20.2 Å². The molecule has 5 nitrogen and oxygen atoms in total. The lowest BCUT2D eigenvalue weighted by molar-refractivity contribution is 0.436. The molecule has 6 heteroatoms. The quantitative estimate of drug-likeness (QED) is 0.879. The van der Waals surface area contributed by atoms with Crippen LogP contribution in [0, 0.1) is 5.92 Å². The second-order valence-corrected chi connectivity index (χ2v) is 5.75. The van der Waals surface area contributed by atoms with Crippen molar-refractivity contribution in [2.24, 2.45) is 5.92 Å². The van der Waals surface area contributed by atoms with Crippen LogP contribution in [-0.2, 0) is 6.54 Å². The Balaban J connectivity index is 1.80. The maximum atomic E-state index is 6.25. The summed E-state index contributed by atoms with van der Waals surface area (Å²) in [4.78, 5) is 0. The number of aryl methyl sites for hydroxylation is 1. The van der Waals surface area contributed by atoms with Crippen LogP contribution in [0.4, 0.5) is 5.69 Å². The van der Waals surface area contributed by atoms with E-state index < -0.39 is 0 Å². The van der Waals surface area contributed by atoms with E-state index >= 15 is 0 Å². The first kappa shape index (κ1) is 13.4. The van der Waals surface area contributed by atoms with Gasteiger partial charge in [0.05, 0.1) is 10.7 Å². The van der Waals surface area contributed by atoms with Gasteiger partial charge in [0.2, 0.25) is 0 Å². The molecule has 1 heterocycles. The molecule has 0 amide bonds. The van der Waals surface area contributed by atoms with Gasteiger partial charge in [-0.25, -0.2) is 4.68 Å². The highest BCUT2D eigenvalue weighted by Gasteiger charge is 2.18.